The summed E-state index contributed by atoms with van der Waals surface area (Å²) < 4.78 is 22.8. The van der Waals surface area contributed by atoms with Gasteiger partial charge in [-0.3, -0.25) is 34.3 Å². The summed E-state index contributed by atoms with van der Waals surface area (Å²) in [5, 5.41) is 35.7. The Morgan fingerprint density at radius 2 is 1.37 bits per heavy atom. The minimum Gasteiger partial charge on any atom is -0.480 e. The summed E-state index contributed by atoms with van der Waals surface area (Å²) in [6.45, 7) is -2.45. The van der Waals surface area contributed by atoms with E-state index in [0.29, 0.717) is 11.3 Å². The van der Waals surface area contributed by atoms with Crippen molar-refractivity contribution in [2.75, 3.05) is 50.5 Å². The molecule has 1 rings (SSSR count). The molecule has 17 heteroatoms. The molecule has 0 saturated carbocycles. The number of hydrogen-bond acceptors (Lipinski definition) is 12. The van der Waals surface area contributed by atoms with Gasteiger partial charge in [-0.2, -0.15) is 0 Å². The number of nitrogens with one attached hydrogen (secondary N) is 1. The third-order valence-electron chi connectivity index (χ3n) is 3.31. The first kappa shape index (κ1) is 25.3. The van der Waals surface area contributed by atoms with Crippen molar-refractivity contribution in [3.63, 3.8) is 0 Å². The zero-order chi connectivity index (χ0) is 22.9. The average Bonchev–Trinajstić information content (AvgIpc) is 3.07. The van der Waals surface area contributed by atoms with Crippen molar-refractivity contribution in [1.82, 2.24) is 20.0 Å². The maximum Gasteiger partial charge on any atom is 0.317 e. The molecule has 1 heterocycles. The molecule has 15 nitrogen and oxygen atoms in total. The molecule has 1 aromatic heterocycles. The van der Waals surface area contributed by atoms with Gasteiger partial charge in [-0.15, -0.1) is 10.2 Å². The molecule has 1 aromatic rings. The number of carbonyl (C=O) groups is 4. The highest BCUT2D eigenvalue weighted by Crippen LogP contribution is 2.20. The van der Waals surface area contributed by atoms with E-state index in [2.05, 4.69) is 15.5 Å². The van der Waals surface area contributed by atoms with E-state index in [0.717, 1.165) is 9.80 Å². The lowest BCUT2D eigenvalue weighted by Gasteiger charge is -2.24. The molecular weight excluding hydrogens is 448 g/mol. The van der Waals surface area contributed by atoms with Gasteiger partial charge in [-0.25, -0.2) is 8.42 Å². The van der Waals surface area contributed by atoms with Crippen LogP contribution in [-0.2, 0) is 29.0 Å². The number of carboxylic acid groups (broad SMARTS) is 3. The van der Waals surface area contributed by atoms with Gasteiger partial charge in [0.2, 0.25) is 25.2 Å². The number of nitrogens with two attached hydrogens (primary N) is 1. The van der Waals surface area contributed by atoms with E-state index in [1.54, 1.807) is 0 Å². The van der Waals surface area contributed by atoms with Crippen LogP contribution in [-0.4, -0.2) is 113 Å². The molecule has 1 amide bonds. The van der Waals surface area contributed by atoms with Crippen LogP contribution in [0.25, 0.3) is 0 Å². The fourth-order valence-corrected chi connectivity index (χ4v) is 3.85. The van der Waals surface area contributed by atoms with Gasteiger partial charge in [0.1, 0.15) is 5.88 Å². The van der Waals surface area contributed by atoms with Crippen LogP contribution in [0.4, 0.5) is 5.13 Å². The van der Waals surface area contributed by atoms with Crippen LogP contribution in [0.1, 0.15) is 0 Å². The summed E-state index contributed by atoms with van der Waals surface area (Å²) in [4.78, 5) is 47.0. The number of rotatable bonds is 14. The summed E-state index contributed by atoms with van der Waals surface area (Å²) >= 11 is 0.570. The fraction of sp³-hybridized carbons (Fsp3) is 0.538. The Balaban J connectivity index is 2.74. The fourth-order valence-electron chi connectivity index (χ4n) is 2.10. The number of carboxylic acids is 3. The Morgan fingerprint density at radius 3 is 1.80 bits per heavy atom. The van der Waals surface area contributed by atoms with Crippen molar-refractivity contribution < 1.29 is 42.9 Å². The van der Waals surface area contributed by atoms with Crippen molar-refractivity contribution in [2.24, 2.45) is 5.73 Å². The van der Waals surface area contributed by atoms with E-state index >= 15 is 0 Å². The van der Waals surface area contributed by atoms with Gasteiger partial charge in [0.15, 0.2) is 0 Å². The molecule has 0 aliphatic heterocycles. The van der Waals surface area contributed by atoms with Crippen LogP contribution in [0.3, 0.4) is 0 Å². The second-order valence-electron chi connectivity index (χ2n) is 5.81. The van der Waals surface area contributed by atoms with Gasteiger partial charge in [0.25, 0.3) is 0 Å². The first-order valence-electron chi connectivity index (χ1n) is 8.09. The monoisotopic (exact) mass is 468 g/mol. The number of aromatic nitrogens is 2. The van der Waals surface area contributed by atoms with E-state index in [9.17, 15) is 27.6 Å². The molecule has 0 fully saturated rings. The van der Waals surface area contributed by atoms with Gasteiger partial charge in [-0.05, 0) is 0 Å². The smallest absolute Gasteiger partial charge is 0.317 e. The van der Waals surface area contributed by atoms with Crippen LogP contribution in [0, 0.1) is 0 Å². The molecule has 0 unspecified atom stereocenters. The summed E-state index contributed by atoms with van der Waals surface area (Å²) in [5.41, 5.74) is 5.10. The van der Waals surface area contributed by atoms with Crippen LogP contribution in [0.15, 0.2) is 4.34 Å². The molecule has 0 radical (unpaired) electrons. The molecule has 6 N–H and O–H groups in total. The Morgan fingerprint density at radius 1 is 0.900 bits per heavy atom. The van der Waals surface area contributed by atoms with Crippen LogP contribution in [0.2, 0.25) is 0 Å². The predicted octanol–water partition coefficient (Wildman–Crippen LogP) is -2.98. The van der Waals surface area contributed by atoms with Gasteiger partial charge < -0.3 is 21.1 Å². The van der Waals surface area contributed by atoms with Gasteiger partial charge >= 0.3 is 17.9 Å². The number of anilines is 1. The first-order valence-corrected chi connectivity index (χ1v) is 10.6. The molecule has 0 saturated heterocycles. The number of sulfone groups is 1. The highest BCUT2D eigenvalue weighted by atomic mass is 32.2. The summed E-state index contributed by atoms with van der Waals surface area (Å²) in [6, 6.07) is 0. The maximum absolute atomic E-state index is 12.2. The molecular formula is C13H20N6O9S2. The normalized spacial score (nSPS) is 11.6. The van der Waals surface area contributed by atoms with E-state index in [1.165, 1.54) is 0 Å². The van der Waals surface area contributed by atoms with E-state index < -0.39 is 65.7 Å². The van der Waals surface area contributed by atoms with E-state index in [4.69, 9.17) is 21.1 Å². The second-order valence-corrected chi connectivity index (χ2v) is 8.99. The van der Waals surface area contributed by atoms with Crippen LogP contribution in [0.5, 0.6) is 0 Å². The lowest BCUT2D eigenvalue weighted by Crippen LogP contribution is -2.44. The highest BCUT2D eigenvalue weighted by Gasteiger charge is 2.21. The lowest BCUT2D eigenvalue weighted by atomic mass is 10.3. The first-order chi connectivity index (χ1) is 13.9. The Bertz CT molecular complexity index is 871. The number of hydrogen-bond donors (Lipinski definition) is 5. The minimum atomic E-state index is -3.81. The Kier molecular flexibility index (Phi) is 9.66. The average molecular weight is 468 g/mol. The molecule has 0 atom stereocenters. The van der Waals surface area contributed by atoms with Gasteiger partial charge in [0, 0.05) is 13.1 Å². The predicted molar refractivity (Wildman–Crippen MR) is 101 cm³/mol. The number of nitrogens with zero attached hydrogens (tertiary/aromatic N) is 4. The zero-order valence-corrected chi connectivity index (χ0v) is 17.1. The van der Waals surface area contributed by atoms with E-state index in [1.807, 2.05) is 0 Å². The van der Waals surface area contributed by atoms with Crippen molar-refractivity contribution in [2.45, 2.75) is 4.34 Å². The molecule has 0 aromatic carbocycles. The number of amides is 1. The molecule has 0 spiro atoms. The Hall–Kier alpha value is -2.73. The van der Waals surface area contributed by atoms with Gasteiger partial charge in [-0.1, -0.05) is 11.3 Å². The zero-order valence-electron chi connectivity index (χ0n) is 15.4. The van der Waals surface area contributed by atoms with Crippen LogP contribution >= 0.6 is 11.3 Å². The van der Waals surface area contributed by atoms with Crippen LogP contribution < -0.4 is 11.1 Å². The lowest BCUT2D eigenvalue weighted by molar-refractivity contribution is -0.143. The summed E-state index contributed by atoms with van der Waals surface area (Å²) in [7, 11) is -3.81. The van der Waals surface area contributed by atoms with Crippen molar-refractivity contribution in [3.8, 4) is 0 Å². The third-order valence-corrected chi connectivity index (χ3v) is 6.01. The third kappa shape index (κ3) is 9.18. The SMILES string of the molecule is NCS(=O)(=O)c1nnc(NC(=O)CN(CCN(CC(=O)O)CC(=O)O)CC(=O)O)s1. The molecule has 0 aliphatic carbocycles. The largest absolute Gasteiger partial charge is 0.480 e. The van der Waals surface area contributed by atoms with Crippen molar-refractivity contribution in [1.29, 1.82) is 0 Å². The van der Waals surface area contributed by atoms with E-state index in [-0.39, 0.29) is 22.6 Å². The molecule has 168 valence electrons. The maximum atomic E-state index is 12.2. The van der Waals surface area contributed by atoms with Crippen molar-refractivity contribution in [3.05, 3.63) is 0 Å². The quantitative estimate of drug-likeness (QED) is 0.171. The Labute approximate surface area is 174 Å². The summed E-state index contributed by atoms with van der Waals surface area (Å²) in [5.74, 6) is -5.22. The molecule has 0 bridgehead atoms. The highest BCUT2D eigenvalue weighted by molar-refractivity contribution is 7.93. The number of aliphatic carboxylic acids is 3. The topological polar surface area (TPSA) is 233 Å². The molecule has 0 aliphatic rings. The second kappa shape index (κ2) is 11.5. The number of carbonyl (C=O) groups excluding carboxylic acids is 1. The standard InChI is InChI=1S/C13H20N6O9S2/c14-7-30(27,28)13-17-16-12(29-13)15-8(20)3-18(4-9(21)22)1-2-19(5-10(23)24)6-11(25)26/h1-7,14H2,(H,21,22)(H,23,24)(H,25,26)(H,15,16,20). The van der Waals surface area contributed by atoms with Crippen molar-refractivity contribution >= 4 is 50.1 Å². The summed E-state index contributed by atoms with van der Waals surface area (Å²) in [6.07, 6.45) is 0. The van der Waals surface area contributed by atoms with Gasteiger partial charge in [0.05, 0.1) is 26.2 Å². The molecule has 30 heavy (non-hydrogen) atoms. The minimum absolute atomic E-state index is 0.122.